The van der Waals surface area contributed by atoms with E-state index in [1.807, 2.05) is 36.4 Å². The molecule has 5 nitrogen and oxygen atoms in total. The first kappa shape index (κ1) is 19.6. The summed E-state index contributed by atoms with van der Waals surface area (Å²) in [6.45, 7) is 0. The summed E-state index contributed by atoms with van der Waals surface area (Å²) in [5.41, 5.74) is 9.76. The summed E-state index contributed by atoms with van der Waals surface area (Å²) in [6.07, 6.45) is 4.20. The standard InChI is InChI=1S/C23H24N4O/c24-14-17-7-11-19(12-8-17)18-9-5-16(6-10-18)13-20(15-25)27-23(28)21-3-1-2-4-22(21)26/h5-12,20-22H,1-4,13,26H2,(H,27,28). The van der Waals surface area contributed by atoms with Gasteiger partial charge in [-0.2, -0.15) is 10.5 Å². The number of nitriles is 2. The second-order valence-corrected chi connectivity index (χ2v) is 7.34. The van der Waals surface area contributed by atoms with Gasteiger partial charge in [0.2, 0.25) is 5.91 Å². The molecule has 0 aliphatic heterocycles. The van der Waals surface area contributed by atoms with Gasteiger partial charge in [0.05, 0.1) is 23.6 Å². The zero-order valence-corrected chi connectivity index (χ0v) is 15.8. The van der Waals surface area contributed by atoms with Crippen LogP contribution in [0.15, 0.2) is 48.5 Å². The van der Waals surface area contributed by atoms with Crippen LogP contribution in [0.5, 0.6) is 0 Å². The lowest BCUT2D eigenvalue weighted by Gasteiger charge is -2.28. The Bertz CT molecular complexity index is 890. The van der Waals surface area contributed by atoms with Crippen molar-refractivity contribution in [3.63, 3.8) is 0 Å². The number of benzene rings is 2. The fourth-order valence-corrected chi connectivity index (χ4v) is 3.70. The lowest BCUT2D eigenvalue weighted by molar-refractivity contribution is -0.126. The van der Waals surface area contributed by atoms with Crippen LogP contribution >= 0.6 is 0 Å². The third-order valence-corrected chi connectivity index (χ3v) is 5.37. The minimum Gasteiger partial charge on any atom is -0.340 e. The van der Waals surface area contributed by atoms with Crippen LogP contribution in [0.1, 0.15) is 36.8 Å². The molecule has 2 aromatic rings. The van der Waals surface area contributed by atoms with E-state index in [1.165, 1.54) is 0 Å². The lowest BCUT2D eigenvalue weighted by atomic mass is 9.84. The van der Waals surface area contributed by atoms with Crippen molar-refractivity contribution in [1.82, 2.24) is 5.32 Å². The van der Waals surface area contributed by atoms with E-state index in [0.29, 0.717) is 12.0 Å². The predicted octanol–water partition coefficient (Wildman–Crippen LogP) is 3.29. The molecule has 3 unspecified atom stereocenters. The first-order chi connectivity index (χ1) is 13.6. The molecule has 1 aliphatic carbocycles. The Morgan fingerprint density at radius 3 is 2.21 bits per heavy atom. The largest absolute Gasteiger partial charge is 0.340 e. The van der Waals surface area contributed by atoms with Crippen molar-refractivity contribution in [2.45, 2.75) is 44.2 Å². The van der Waals surface area contributed by atoms with Gasteiger partial charge in [0.25, 0.3) is 0 Å². The molecule has 3 N–H and O–H groups in total. The van der Waals surface area contributed by atoms with Gasteiger partial charge < -0.3 is 11.1 Å². The van der Waals surface area contributed by atoms with Crippen molar-refractivity contribution in [2.75, 3.05) is 0 Å². The molecule has 5 heteroatoms. The van der Waals surface area contributed by atoms with Crippen LogP contribution in [-0.2, 0) is 11.2 Å². The minimum absolute atomic E-state index is 0.104. The maximum atomic E-state index is 12.5. The predicted molar refractivity (Wildman–Crippen MR) is 108 cm³/mol. The Morgan fingerprint density at radius 2 is 1.64 bits per heavy atom. The van der Waals surface area contributed by atoms with Gasteiger partial charge >= 0.3 is 0 Å². The number of carbonyl (C=O) groups is 1. The van der Waals surface area contributed by atoms with Gasteiger partial charge in [0, 0.05) is 12.5 Å². The van der Waals surface area contributed by atoms with E-state index < -0.39 is 6.04 Å². The molecule has 1 fully saturated rings. The normalized spacial score (nSPS) is 19.8. The molecule has 0 radical (unpaired) electrons. The van der Waals surface area contributed by atoms with Crippen LogP contribution in [0.3, 0.4) is 0 Å². The molecule has 2 aromatic carbocycles. The Balaban J connectivity index is 1.62. The van der Waals surface area contributed by atoms with Gasteiger partial charge in [-0.1, -0.05) is 49.2 Å². The highest BCUT2D eigenvalue weighted by Gasteiger charge is 2.29. The minimum atomic E-state index is -0.567. The Kier molecular flexibility index (Phi) is 6.42. The first-order valence-electron chi connectivity index (χ1n) is 9.66. The molecular weight excluding hydrogens is 348 g/mol. The Hall–Kier alpha value is -3.15. The molecule has 0 saturated heterocycles. The molecule has 1 saturated carbocycles. The summed E-state index contributed by atoms with van der Waals surface area (Å²) >= 11 is 0. The van der Waals surface area contributed by atoms with E-state index in [0.717, 1.165) is 42.4 Å². The topological polar surface area (TPSA) is 103 Å². The summed E-state index contributed by atoms with van der Waals surface area (Å²) in [4.78, 5) is 12.5. The average molecular weight is 372 g/mol. The molecule has 3 atom stereocenters. The zero-order valence-electron chi connectivity index (χ0n) is 15.8. The number of carbonyl (C=O) groups excluding carboxylic acids is 1. The summed E-state index contributed by atoms with van der Waals surface area (Å²) in [6, 6.07) is 19.0. The van der Waals surface area contributed by atoms with Crippen LogP contribution in [0, 0.1) is 28.6 Å². The average Bonchev–Trinajstić information content (AvgIpc) is 2.74. The van der Waals surface area contributed by atoms with E-state index in [4.69, 9.17) is 11.0 Å². The SMILES string of the molecule is N#Cc1ccc(-c2ccc(CC(C#N)NC(=O)C3CCCCC3N)cc2)cc1. The van der Waals surface area contributed by atoms with E-state index in [-0.39, 0.29) is 17.9 Å². The van der Waals surface area contributed by atoms with Gasteiger partial charge in [0.1, 0.15) is 6.04 Å². The number of hydrogen-bond acceptors (Lipinski definition) is 4. The van der Waals surface area contributed by atoms with Crippen molar-refractivity contribution in [1.29, 1.82) is 10.5 Å². The van der Waals surface area contributed by atoms with Gasteiger partial charge in [-0.25, -0.2) is 0 Å². The third-order valence-electron chi connectivity index (χ3n) is 5.37. The molecule has 1 aliphatic rings. The maximum Gasteiger partial charge on any atom is 0.225 e. The smallest absolute Gasteiger partial charge is 0.225 e. The fraction of sp³-hybridized carbons (Fsp3) is 0.348. The van der Waals surface area contributed by atoms with Crippen molar-refractivity contribution in [3.05, 3.63) is 59.7 Å². The number of rotatable bonds is 5. The van der Waals surface area contributed by atoms with Crippen LogP contribution in [0.25, 0.3) is 11.1 Å². The molecule has 0 aromatic heterocycles. The number of nitrogens with two attached hydrogens (primary N) is 1. The third kappa shape index (κ3) is 4.76. The van der Waals surface area contributed by atoms with Crippen LogP contribution in [-0.4, -0.2) is 18.0 Å². The van der Waals surface area contributed by atoms with Crippen LogP contribution in [0.4, 0.5) is 0 Å². The van der Waals surface area contributed by atoms with Crippen molar-refractivity contribution >= 4 is 5.91 Å². The van der Waals surface area contributed by atoms with Gasteiger partial charge in [-0.15, -0.1) is 0 Å². The highest BCUT2D eigenvalue weighted by Crippen LogP contribution is 2.24. The van der Waals surface area contributed by atoms with E-state index in [2.05, 4.69) is 17.5 Å². The van der Waals surface area contributed by atoms with Crippen LogP contribution < -0.4 is 11.1 Å². The second kappa shape index (κ2) is 9.17. The van der Waals surface area contributed by atoms with Crippen molar-refractivity contribution < 1.29 is 4.79 Å². The highest BCUT2D eigenvalue weighted by molar-refractivity contribution is 5.80. The molecule has 0 heterocycles. The summed E-state index contributed by atoms with van der Waals surface area (Å²) in [5, 5.41) is 21.2. The molecule has 0 bridgehead atoms. The highest BCUT2D eigenvalue weighted by atomic mass is 16.2. The van der Waals surface area contributed by atoms with Gasteiger partial charge in [-0.05, 0) is 41.7 Å². The lowest BCUT2D eigenvalue weighted by Crippen LogP contribution is -2.47. The summed E-state index contributed by atoms with van der Waals surface area (Å²) in [7, 11) is 0. The molecule has 28 heavy (non-hydrogen) atoms. The van der Waals surface area contributed by atoms with Gasteiger partial charge in [0.15, 0.2) is 0 Å². The number of hydrogen-bond donors (Lipinski definition) is 2. The van der Waals surface area contributed by atoms with E-state index in [9.17, 15) is 10.1 Å². The maximum absolute atomic E-state index is 12.5. The fourth-order valence-electron chi connectivity index (χ4n) is 3.70. The first-order valence-corrected chi connectivity index (χ1v) is 9.66. The molecule has 3 rings (SSSR count). The summed E-state index contributed by atoms with van der Waals surface area (Å²) < 4.78 is 0. The number of amides is 1. The van der Waals surface area contributed by atoms with Crippen molar-refractivity contribution in [2.24, 2.45) is 11.7 Å². The van der Waals surface area contributed by atoms with Crippen LogP contribution in [0.2, 0.25) is 0 Å². The quantitative estimate of drug-likeness (QED) is 0.840. The molecular formula is C23H24N4O. The molecule has 0 spiro atoms. The Morgan fingerprint density at radius 1 is 1.04 bits per heavy atom. The summed E-state index contributed by atoms with van der Waals surface area (Å²) in [5.74, 6) is -0.295. The van der Waals surface area contributed by atoms with E-state index >= 15 is 0 Å². The van der Waals surface area contributed by atoms with Gasteiger partial charge in [-0.3, -0.25) is 4.79 Å². The number of nitrogens with one attached hydrogen (secondary N) is 1. The molecule has 1 amide bonds. The van der Waals surface area contributed by atoms with E-state index in [1.54, 1.807) is 12.1 Å². The zero-order chi connectivity index (χ0) is 19.9. The molecule has 142 valence electrons. The number of nitrogens with zero attached hydrogens (tertiary/aromatic N) is 2. The Labute approximate surface area is 165 Å². The second-order valence-electron chi connectivity index (χ2n) is 7.34. The van der Waals surface area contributed by atoms with Crippen molar-refractivity contribution in [3.8, 4) is 23.3 Å². The monoisotopic (exact) mass is 372 g/mol.